The Hall–Kier alpha value is -2.36. The normalized spacial score (nSPS) is 19.7. The van der Waals surface area contributed by atoms with Gasteiger partial charge in [0.05, 0.1) is 17.3 Å². The van der Waals surface area contributed by atoms with E-state index in [4.69, 9.17) is 0 Å². The van der Waals surface area contributed by atoms with Gasteiger partial charge in [-0.1, -0.05) is 24.3 Å². The number of anilines is 2. The third kappa shape index (κ3) is 3.46. The smallest absolute Gasteiger partial charge is 0.231 e. The minimum absolute atomic E-state index is 0.0268. The molecule has 0 spiro atoms. The van der Waals surface area contributed by atoms with Crippen LogP contribution >= 0.6 is 0 Å². The third-order valence-electron chi connectivity index (χ3n) is 5.60. The molecule has 26 heavy (non-hydrogen) atoms. The fourth-order valence-corrected chi connectivity index (χ4v) is 4.27. The third-order valence-corrected chi connectivity index (χ3v) is 5.60. The predicted molar refractivity (Wildman–Crippen MR) is 103 cm³/mol. The second-order valence-corrected chi connectivity index (χ2v) is 7.34. The first-order valence-corrected chi connectivity index (χ1v) is 9.65. The molecule has 2 aromatic rings. The minimum Gasteiger partial charge on any atom is -0.370 e. The van der Waals surface area contributed by atoms with Crippen molar-refractivity contribution < 1.29 is 9.18 Å². The number of amides is 1. The highest BCUT2D eigenvalue weighted by Crippen LogP contribution is 2.34. The fraction of sp³-hybridized carbons (Fsp3) is 0.409. The van der Waals surface area contributed by atoms with Gasteiger partial charge in [-0.25, -0.2) is 4.39 Å². The van der Waals surface area contributed by atoms with Crippen LogP contribution in [0.5, 0.6) is 0 Å². The van der Waals surface area contributed by atoms with Crippen molar-refractivity contribution in [2.45, 2.75) is 44.4 Å². The fourth-order valence-electron chi connectivity index (χ4n) is 4.27. The molecule has 1 aliphatic heterocycles. The van der Waals surface area contributed by atoms with E-state index >= 15 is 0 Å². The van der Waals surface area contributed by atoms with Crippen molar-refractivity contribution in [3.63, 3.8) is 0 Å². The molecule has 0 radical (unpaired) electrons. The molecule has 1 saturated heterocycles. The Morgan fingerprint density at radius 1 is 1.04 bits per heavy atom. The highest BCUT2D eigenvalue weighted by atomic mass is 19.1. The molecule has 1 unspecified atom stereocenters. The zero-order valence-electron chi connectivity index (χ0n) is 15.0. The summed E-state index contributed by atoms with van der Waals surface area (Å²) >= 11 is 0. The Balaban J connectivity index is 1.59. The van der Waals surface area contributed by atoms with E-state index in [9.17, 15) is 9.18 Å². The summed E-state index contributed by atoms with van der Waals surface area (Å²) < 4.78 is 13.9. The molecule has 1 aliphatic carbocycles. The Labute approximate surface area is 154 Å². The summed E-state index contributed by atoms with van der Waals surface area (Å²) in [4.78, 5) is 15.3. The van der Waals surface area contributed by atoms with E-state index in [0.717, 1.165) is 56.4 Å². The van der Waals surface area contributed by atoms with Gasteiger partial charge in [0, 0.05) is 13.1 Å². The molecule has 2 aromatic carbocycles. The molecule has 1 atom stereocenters. The van der Waals surface area contributed by atoms with E-state index in [1.54, 1.807) is 6.07 Å². The highest BCUT2D eigenvalue weighted by molar-refractivity contribution is 5.99. The number of carbonyl (C=O) groups excluding carboxylic acids is 1. The number of piperidine rings is 1. The van der Waals surface area contributed by atoms with Crippen LogP contribution in [0.3, 0.4) is 0 Å². The van der Waals surface area contributed by atoms with Crippen molar-refractivity contribution in [2.24, 2.45) is 0 Å². The maximum atomic E-state index is 13.9. The number of nitrogens with zero attached hydrogens (tertiary/aromatic N) is 1. The molecule has 2 aliphatic rings. The number of halogens is 1. The first kappa shape index (κ1) is 17.1. The second-order valence-electron chi connectivity index (χ2n) is 7.34. The molecule has 3 nitrogen and oxygen atoms in total. The van der Waals surface area contributed by atoms with E-state index in [1.165, 1.54) is 24.1 Å². The number of carbonyl (C=O) groups is 1. The molecule has 1 fully saturated rings. The lowest BCUT2D eigenvalue weighted by molar-refractivity contribution is -0.117. The van der Waals surface area contributed by atoms with Crippen molar-refractivity contribution in [1.29, 1.82) is 0 Å². The molecule has 0 aromatic heterocycles. The summed E-state index contributed by atoms with van der Waals surface area (Å²) in [6, 6.07) is 12.9. The number of hydrogen-bond acceptors (Lipinski definition) is 2. The molecule has 1 amide bonds. The number of hydrogen-bond donors (Lipinski definition) is 1. The van der Waals surface area contributed by atoms with Crippen molar-refractivity contribution in [1.82, 2.24) is 0 Å². The van der Waals surface area contributed by atoms with E-state index in [0.29, 0.717) is 5.69 Å². The molecular formula is C22H25FN2O. The Morgan fingerprint density at radius 2 is 1.85 bits per heavy atom. The largest absolute Gasteiger partial charge is 0.370 e. The van der Waals surface area contributed by atoms with E-state index in [2.05, 4.69) is 22.3 Å². The molecule has 1 heterocycles. The van der Waals surface area contributed by atoms with Crippen molar-refractivity contribution in [2.75, 3.05) is 23.3 Å². The standard InChI is InChI=1S/C22H25FN2O/c23-17-11-12-21(25-13-4-1-5-14-25)20(15-17)24-22(26)19-10-6-8-16-7-2-3-9-18(16)19/h2-3,7,9,11-12,15,19H,1,4-6,8,10,13-14H2,(H,24,26). The Kier molecular flexibility index (Phi) is 4.91. The predicted octanol–water partition coefficient (Wildman–Crippen LogP) is 4.87. The van der Waals surface area contributed by atoms with Gasteiger partial charge in [-0.05, 0) is 67.9 Å². The van der Waals surface area contributed by atoms with Crippen LogP contribution in [0.15, 0.2) is 42.5 Å². The number of benzene rings is 2. The van der Waals surface area contributed by atoms with Crippen LogP contribution in [0.25, 0.3) is 0 Å². The molecule has 4 rings (SSSR count). The van der Waals surface area contributed by atoms with Gasteiger partial charge in [-0.3, -0.25) is 4.79 Å². The monoisotopic (exact) mass is 352 g/mol. The second kappa shape index (κ2) is 7.48. The van der Waals surface area contributed by atoms with Gasteiger partial charge < -0.3 is 10.2 Å². The maximum absolute atomic E-state index is 13.9. The van der Waals surface area contributed by atoms with Crippen LogP contribution in [0.1, 0.15) is 49.1 Å². The first-order valence-electron chi connectivity index (χ1n) is 9.65. The van der Waals surface area contributed by atoms with Crippen molar-refractivity contribution >= 4 is 17.3 Å². The van der Waals surface area contributed by atoms with Gasteiger partial charge in [-0.15, -0.1) is 0 Å². The van der Waals surface area contributed by atoms with E-state index < -0.39 is 0 Å². The summed E-state index contributed by atoms with van der Waals surface area (Å²) in [5.74, 6) is -0.497. The maximum Gasteiger partial charge on any atom is 0.231 e. The SMILES string of the molecule is O=C(Nc1cc(F)ccc1N1CCCCC1)C1CCCc2ccccc21. The van der Waals surface area contributed by atoms with Crippen LogP contribution in [0.4, 0.5) is 15.8 Å². The van der Waals surface area contributed by atoms with Crippen molar-refractivity contribution in [3.05, 3.63) is 59.4 Å². The van der Waals surface area contributed by atoms with Crippen LogP contribution < -0.4 is 10.2 Å². The zero-order valence-corrected chi connectivity index (χ0v) is 15.0. The molecule has 0 bridgehead atoms. The van der Waals surface area contributed by atoms with Gasteiger partial charge in [0.1, 0.15) is 5.82 Å². The number of fused-ring (bicyclic) bond motifs is 1. The molecule has 136 valence electrons. The molecule has 1 N–H and O–H groups in total. The number of aryl methyl sites for hydroxylation is 1. The van der Waals surface area contributed by atoms with Crippen LogP contribution in [-0.4, -0.2) is 19.0 Å². The van der Waals surface area contributed by atoms with E-state index in [-0.39, 0.29) is 17.6 Å². The molecular weight excluding hydrogens is 327 g/mol. The number of rotatable bonds is 3. The lowest BCUT2D eigenvalue weighted by atomic mass is 9.82. The van der Waals surface area contributed by atoms with Crippen LogP contribution in [0.2, 0.25) is 0 Å². The minimum atomic E-state index is -0.315. The topological polar surface area (TPSA) is 32.3 Å². The van der Waals surface area contributed by atoms with Crippen LogP contribution in [-0.2, 0) is 11.2 Å². The van der Waals surface area contributed by atoms with Gasteiger partial charge >= 0.3 is 0 Å². The van der Waals surface area contributed by atoms with Gasteiger partial charge in [0.25, 0.3) is 0 Å². The van der Waals surface area contributed by atoms with Gasteiger partial charge in [-0.2, -0.15) is 0 Å². The molecule has 4 heteroatoms. The summed E-state index contributed by atoms with van der Waals surface area (Å²) in [6.45, 7) is 1.92. The average molecular weight is 352 g/mol. The summed E-state index contributed by atoms with van der Waals surface area (Å²) in [6.07, 6.45) is 6.40. The summed E-state index contributed by atoms with van der Waals surface area (Å²) in [7, 11) is 0. The zero-order chi connectivity index (χ0) is 17.9. The number of nitrogens with one attached hydrogen (secondary N) is 1. The highest BCUT2D eigenvalue weighted by Gasteiger charge is 2.27. The molecule has 0 saturated carbocycles. The Bertz CT molecular complexity index is 798. The van der Waals surface area contributed by atoms with Crippen molar-refractivity contribution in [3.8, 4) is 0 Å². The van der Waals surface area contributed by atoms with Crippen LogP contribution in [0, 0.1) is 5.82 Å². The lowest BCUT2D eigenvalue weighted by Gasteiger charge is -2.31. The van der Waals surface area contributed by atoms with Gasteiger partial charge in [0.15, 0.2) is 0 Å². The Morgan fingerprint density at radius 3 is 2.69 bits per heavy atom. The van der Waals surface area contributed by atoms with Gasteiger partial charge in [0.2, 0.25) is 5.91 Å². The first-order chi connectivity index (χ1) is 12.7. The average Bonchev–Trinajstić information content (AvgIpc) is 2.68. The summed E-state index contributed by atoms with van der Waals surface area (Å²) in [5, 5.41) is 3.04. The summed E-state index contributed by atoms with van der Waals surface area (Å²) in [5.41, 5.74) is 3.91. The lowest BCUT2D eigenvalue weighted by Crippen LogP contribution is -2.31. The quantitative estimate of drug-likeness (QED) is 0.854. The van der Waals surface area contributed by atoms with E-state index in [1.807, 2.05) is 12.1 Å².